The zero-order valence-electron chi connectivity index (χ0n) is 3.87. The van der Waals surface area contributed by atoms with Crippen LogP contribution in [0.1, 0.15) is 6.42 Å². The SMILES string of the molecule is FC(F)(F)C1CC1Br. The van der Waals surface area contributed by atoms with Gasteiger partial charge in [0.2, 0.25) is 0 Å². The van der Waals surface area contributed by atoms with Gasteiger partial charge in [-0.25, -0.2) is 0 Å². The van der Waals surface area contributed by atoms with Crippen molar-refractivity contribution in [1.29, 1.82) is 0 Å². The second kappa shape index (κ2) is 1.62. The lowest BCUT2D eigenvalue weighted by molar-refractivity contribution is -0.146. The highest BCUT2D eigenvalue weighted by Gasteiger charge is 2.54. The van der Waals surface area contributed by atoms with E-state index in [0.717, 1.165) is 0 Å². The van der Waals surface area contributed by atoms with E-state index in [-0.39, 0.29) is 11.2 Å². The molecule has 0 aromatic heterocycles. The fourth-order valence-electron chi connectivity index (χ4n) is 0.503. The predicted molar refractivity (Wildman–Crippen MR) is 26.9 cm³/mol. The van der Waals surface area contributed by atoms with E-state index in [0.29, 0.717) is 0 Å². The van der Waals surface area contributed by atoms with E-state index in [4.69, 9.17) is 0 Å². The van der Waals surface area contributed by atoms with Gasteiger partial charge in [0.05, 0.1) is 5.92 Å². The number of alkyl halides is 4. The van der Waals surface area contributed by atoms with Crippen molar-refractivity contribution in [2.24, 2.45) is 5.92 Å². The molecule has 0 saturated heterocycles. The van der Waals surface area contributed by atoms with Crippen molar-refractivity contribution in [1.82, 2.24) is 0 Å². The van der Waals surface area contributed by atoms with Gasteiger partial charge in [0.25, 0.3) is 0 Å². The zero-order chi connectivity index (χ0) is 6.36. The average molecular weight is 189 g/mol. The minimum absolute atomic E-state index is 0.253. The molecule has 0 aromatic carbocycles. The lowest BCUT2D eigenvalue weighted by Crippen LogP contribution is -2.11. The Morgan fingerprint density at radius 3 is 1.75 bits per heavy atom. The first kappa shape index (κ1) is 6.39. The average Bonchev–Trinajstić information content (AvgIpc) is 2.13. The maximum absolute atomic E-state index is 11.5. The summed E-state index contributed by atoms with van der Waals surface area (Å²) in [4.78, 5) is -0.303. The third kappa shape index (κ3) is 1.16. The Morgan fingerprint density at radius 2 is 1.75 bits per heavy atom. The molecule has 1 aliphatic carbocycles. The Labute approximate surface area is 53.2 Å². The zero-order valence-corrected chi connectivity index (χ0v) is 5.46. The van der Waals surface area contributed by atoms with Crippen molar-refractivity contribution in [2.45, 2.75) is 17.4 Å². The number of hydrogen-bond donors (Lipinski definition) is 0. The van der Waals surface area contributed by atoms with Crippen LogP contribution in [0.25, 0.3) is 0 Å². The van der Waals surface area contributed by atoms with Crippen molar-refractivity contribution in [2.75, 3.05) is 0 Å². The van der Waals surface area contributed by atoms with E-state index in [1.807, 2.05) is 0 Å². The summed E-state index contributed by atoms with van der Waals surface area (Å²) in [6, 6.07) is 0. The molecule has 2 unspecified atom stereocenters. The first-order chi connectivity index (χ1) is 3.52. The maximum Gasteiger partial charge on any atom is 0.392 e. The number of halogens is 4. The molecule has 1 rings (SSSR count). The normalized spacial score (nSPS) is 37.5. The maximum atomic E-state index is 11.5. The molecule has 0 spiro atoms. The standard InChI is InChI=1S/C4H4BrF3/c5-3-1-2(3)4(6,7)8/h2-3H,1H2. The molecule has 0 nitrogen and oxygen atoms in total. The lowest BCUT2D eigenvalue weighted by Gasteiger charge is -2.00. The highest BCUT2D eigenvalue weighted by molar-refractivity contribution is 9.09. The van der Waals surface area contributed by atoms with E-state index in [1.165, 1.54) is 0 Å². The topological polar surface area (TPSA) is 0 Å². The van der Waals surface area contributed by atoms with E-state index in [2.05, 4.69) is 15.9 Å². The highest BCUT2D eigenvalue weighted by Crippen LogP contribution is 2.48. The van der Waals surface area contributed by atoms with Crippen LogP contribution in [-0.2, 0) is 0 Å². The third-order valence-electron chi connectivity index (χ3n) is 1.13. The van der Waals surface area contributed by atoms with Gasteiger partial charge < -0.3 is 0 Å². The van der Waals surface area contributed by atoms with Crippen LogP contribution in [0.5, 0.6) is 0 Å². The summed E-state index contributed by atoms with van der Waals surface area (Å²) in [5.74, 6) is -1.07. The summed E-state index contributed by atoms with van der Waals surface area (Å²) in [7, 11) is 0. The van der Waals surface area contributed by atoms with Crippen molar-refractivity contribution < 1.29 is 13.2 Å². The number of rotatable bonds is 0. The van der Waals surface area contributed by atoms with E-state index >= 15 is 0 Å². The fourth-order valence-corrected chi connectivity index (χ4v) is 1.21. The van der Waals surface area contributed by atoms with Gasteiger partial charge in [0.1, 0.15) is 0 Å². The second-order valence-electron chi connectivity index (χ2n) is 1.90. The van der Waals surface area contributed by atoms with Crippen LogP contribution in [-0.4, -0.2) is 11.0 Å². The summed E-state index contributed by atoms with van der Waals surface area (Å²) in [6.07, 6.45) is -3.71. The van der Waals surface area contributed by atoms with Crippen LogP contribution in [0.4, 0.5) is 13.2 Å². The van der Waals surface area contributed by atoms with Crippen LogP contribution < -0.4 is 0 Å². The molecule has 0 bridgehead atoms. The molecule has 2 atom stereocenters. The molecule has 0 N–H and O–H groups in total. The van der Waals surface area contributed by atoms with Gasteiger partial charge in [-0.05, 0) is 6.42 Å². The Balaban J connectivity index is 2.39. The molecule has 8 heavy (non-hydrogen) atoms. The van der Waals surface area contributed by atoms with Gasteiger partial charge in [-0.3, -0.25) is 0 Å². The molecule has 1 aliphatic rings. The minimum atomic E-state index is -3.96. The quantitative estimate of drug-likeness (QED) is 0.513. The van der Waals surface area contributed by atoms with E-state index < -0.39 is 12.1 Å². The Kier molecular flexibility index (Phi) is 1.30. The minimum Gasteiger partial charge on any atom is -0.171 e. The molecule has 0 heterocycles. The van der Waals surface area contributed by atoms with E-state index in [9.17, 15) is 13.2 Å². The predicted octanol–water partition coefficient (Wildman–Crippen LogP) is 2.33. The second-order valence-corrected chi connectivity index (χ2v) is 3.08. The van der Waals surface area contributed by atoms with Crippen molar-refractivity contribution in [3.8, 4) is 0 Å². The molecule has 4 heteroatoms. The summed E-state index contributed by atoms with van der Waals surface area (Å²) in [5.41, 5.74) is 0. The van der Waals surface area contributed by atoms with E-state index in [1.54, 1.807) is 0 Å². The fraction of sp³-hybridized carbons (Fsp3) is 1.00. The molecular weight excluding hydrogens is 185 g/mol. The highest BCUT2D eigenvalue weighted by atomic mass is 79.9. The van der Waals surface area contributed by atoms with Gasteiger partial charge >= 0.3 is 6.18 Å². The Bertz CT molecular complexity index is 97.9. The van der Waals surface area contributed by atoms with Gasteiger partial charge in [-0.1, -0.05) is 15.9 Å². The first-order valence-corrected chi connectivity index (χ1v) is 3.14. The molecule has 1 saturated carbocycles. The smallest absolute Gasteiger partial charge is 0.171 e. The van der Waals surface area contributed by atoms with Crippen LogP contribution in [0, 0.1) is 5.92 Å². The van der Waals surface area contributed by atoms with Crippen LogP contribution >= 0.6 is 15.9 Å². The first-order valence-electron chi connectivity index (χ1n) is 2.22. The third-order valence-corrected chi connectivity index (χ3v) is 2.14. The van der Waals surface area contributed by atoms with Crippen molar-refractivity contribution in [3.63, 3.8) is 0 Å². The molecule has 48 valence electrons. The molecule has 0 aromatic rings. The molecule has 0 aliphatic heterocycles. The van der Waals surface area contributed by atoms with Crippen LogP contribution in [0.2, 0.25) is 0 Å². The van der Waals surface area contributed by atoms with Gasteiger partial charge in [0.15, 0.2) is 0 Å². The molecule has 1 fully saturated rings. The summed E-state index contributed by atoms with van der Waals surface area (Å²) in [6.45, 7) is 0. The van der Waals surface area contributed by atoms with Crippen molar-refractivity contribution in [3.05, 3.63) is 0 Å². The van der Waals surface area contributed by atoms with Crippen LogP contribution in [0.3, 0.4) is 0 Å². The largest absolute Gasteiger partial charge is 0.392 e. The van der Waals surface area contributed by atoms with Gasteiger partial charge in [0, 0.05) is 4.83 Å². The Hall–Kier alpha value is 0.270. The molecular formula is C4H4BrF3. The van der Waals surface area contributed by atoms with Gasteiger partial charge in [-0.15, -0.1) is 0 Å². The Morgan fingerprint density at radius 1 is 1.38 bits per heavy atom. The summed E-state index contributed by atoms with van der Waals surface area (Å²) in [5, 5.41) is 0. The van der Waals surface area contributed by atoms with Crippen LogP contribution in [0.15, 0.2) is 0 Å². The summed E-state index contributed by atoms with van der Waals surface area (Å²) >= 11 is 2.86. The molecule has 0 radical (unpaired) electrons. The van der Waals surface area contributed by atoms with Gasteiger partial charge in [-0.2, -0.15) is 13.2 Å². The monoisotopic (exact) mass is 188 g/mol. The summed E-state index contributed by atoms with van der Waals surface area (Å²) < 4.78 is 34.4. The number of hydrogen-bond acceptors (Lipinski definition) is 0. The lowest BCUT2D eigenvalue weighted by atomic mass is 10.4. The van der Waals surface area contributed by atoms with Crippen molar-refractivity contribution >= 4 is 15.9 Å². The molecule has 0 amide bonds.